The zero-order valence-corrected chi connectivity index (χ0v) is 22.0. The highest BCUT2D eigenvalue weighted by Crippen LogP contribution is 2.45. The Morgan fingerprint density at radius 3 is 2.61 bits per heavy atom. The molecule has 0 fully saturated rings. The Morgan fingerprint density at radius 1 is 1.20 bits per heavy atom. The van der Waals surface area contributed by atoms with Crippen LogP contribution < -0.4 is 15.6 Å². The molecule has 1 amide bonds. The molecule has 0 aliphatic carbocycles. The lowest BCUT2D eigenvalue weighted by Crippen LogP contribution is -2.52. The topological polar surface area (TPSA) is 141 Å². The molecule has 0 saturated heterocycles. The highest BCUT2D eigenvalue weighted by Gasteiger charge is 2.53. The minimum atomic E-state index is -1.59. The van der Waals surface area contributed by atoms with Crippen LogP contribution in [0, 0.1) is 11.6 Å². The zero-order valence-electron chi connectivity index (χ0n) is 22.0. The first-order valence-corrected chi connectivity index (χ1v) is 12.7. The largest absolute Gasteiger partial charge is 0.494 e. The molecule has 2 atom stereocenters. The van der Waals surface area contributed by atoms with Gasteiger partial charge in [0.15, 0.2) is 11.6 Å². The highest BCUT2D eigenvalue weighted by atomic mass is 19.1. The SMILES string of the molecule is C=CC[C@]1(C(=O)NNCc2cc(F)cc(F)c2)N=C(c2ccc(OCCCO)cc2)O[C@H]1c1ccccc1N=[N+]=[N-]. The lowest BCUT2D eigenvalue weighted by molar-refractivity contribution is -0.129. The predicted molar refractivity (Wildman–Crippen MR) is 148 cm³/mol. The number of azide groups is 1. The summed E-state index contributed by atoms with van der Waals surface area (Å²) in [6.07, 6.45) is 1.03. The number of nitrogens with one attached hydrogen (secondary N) is 2. The van der Waals surface area contributed by atoms with Crippen LogP contribution in [0.25, 0.3) is 10.4 Å². The molecule has 3 aromatic rings. The molecule has 0 aromatic heterocycles. The van der Waals surface area contributed by atoms with Gasteiger partial charge in [0, 0.05) is 53.8 Å². The summed E-state index contributed by atoms with van der Waals surface area (Å²) in [5, 5.41) is 12.7. The van der Waals surface area contributed by atoms with Crippen molar-refractivity contribution in [2.75, 3.05) is 13.2 Å². The molecule has 212 valence electrons. The molecule has 3 aromatic carbocycles. The zero-order chi connectivity index (χ0) is 29.2. The molecule has 12 heteroatoms. The standard InChI is InChI=1S/C29H28F2N6O4/c1-2-12-29(28(39)36-33-18-19-15-21(30)17-22(31)16-19)26(24-6-3-4-7-25(24)35-37-32)41-27(34-29)20-8-10-23(11-9-20)40-14-5-13-38/h2-4,6-11,15-17,26,33,38H,1,5,12-14,18H2,(H,36,39)/t26-,29-/m0/s1. The van der Waals surface area contributed by atoms with Crippen LogP contribution in [0.2, 0.25) is 0 Å². The Labute approximate surface area is 234 Å². The lowest BCUT2D eigenvalue weighted by atomic mass is 9.84. The van der Waals surface area contributed by atoms with Crippen molar-refractivity contribution < 1.29 is 28.2 Å². The highest BCUT2D eigenvalue weighted by molar-refractivity contribution is 6.01. The van der Waals surface area contributed by atoms with Gasteiger partial charge in [-0.15, -0.1) is 6.58 Å². The lowest BCUT2D eigenvalue weighted by Gasteiger charge is -2.30. The second-order valence-electron chi connectivity index (χ2n) is 9.12. The average Bonchev–Trinajstić information content (AvgIpc) is 3.34. The van der Waals surface area contributed by atoms with E-state index in [9.17, 15) is 13.6 Å². The number of hydrogen-bond donors (Lipinski definition) is 3. The minimum Gasteiger partial charge on any atom is -0.494 e. The monoisotopic (exact) mass is 562 g/mol. The summed E-state index contributed by atoms with van der Waals surface area (Å²) in [6, 6.07) is 16.6. The Hall–Kier alpha value is -4.77. The van der Waals surface area contributed by atoms with Gasteiger partial charge in [-0.3, -0.25) is 10.2 Å². The second kappa shape index (κ2) is 13.5. The van der Waals surface area contributed by atoms with Crippen LogP contribution in [0.4, 0.5) is 14.5 Å². The maximum Gasteiger partial charge on any atom is 0.266 e. The third kappa shape index (κ3) is 6.87. The number of benzene rings is 3. The van der Waals surface area contributed by atoms with Crippen molar-refractivity contribution in [2.24, 2.45) is 10.1 Å². The Balaban J connectivity index is 1.67. The molecule has 10 nitrogen and oxygen atoms in total. The van der Waals surface area contributed by atoms with E-state index in [0.717, 1.165) is 18.2 Å². The summed E-state index contributed by atoms with van der Waals surface area (Å²) in [5.41, 5.74) is 14.4. The molecule has 3 N–H and O–H groups in total. The number of aliphatic hydroxyl groups is 1. The number of hydrogen-bond acceptors (Lipinski definition) is 7. The van der Waals surface area contributed by atoms with Gasteiger partial charge in [0.1, 0.15) is 17.4 Å². The van der Waals surface area contributed by atoms with Crippen molar-refractivity contribution >= 4 is 17.5 Å². The normalized spacial score (nSPS) is 17.6. The van der Waals surface area contributed by atoms with E-state index < -0.39 is 29.2 Å². The molecule has 0 spiro atoms. The summed E-state index contributed by atoms with van der Waals surface area (Å²) in [4.78, 5) is 21.5. The number of rotatable bonds is 13. The Kier molecular flexibility index (Phi) is 9.64. The number of carbonyl (C=O) groups excluding carboxylic acids is 1. The van der Waals surface area contributed by atoms with Gasteiger partial charge in [-0.25, -0.2) is 19.2 Å². The van der Waals surface area contributed by atoms with Crippen LogP contribution in [-0.4, -0.2) is 35.7 Å². The fourth-order valence-electron chi connectivity index (χ4n) is 4.41. The summed E-state index contributed by atoms with van der Waals surface area (Å²) in [5.74, 6) is -1.34. The van der Waals surface area contributed by atoms with Gasteiger partial charge in [-0.1, -0.05) is 35.5 Å². The van der Waals surface area contributed by atoms with Gasteiger partial charge in [-0.05, 0) is 47.5 Å². The first-order valence-electron chi connectivity index (χ1n) is 12.7. The van der Waals surface area contributed by atoms with E-state index in [1.165, 1.54) is 6.08 Å². The number of amides is 1. The predicted octanol–water partition coefficient (Wildman–Crippen LogP) is 5.32. The van der Waals surface area contributed by atoms with Crippen LogP contribution in [0.3, 0.4) is 0 Å². The molecule has 0 unspecified atom stereocenters. The smallest absolute Gasteiger partial charge is 0.266 e. The first-order chi connectivity index (χ1) is 19.9. The fraction of sp³-hybridized carbons (Fsp3) is 0.241. The van der Waals surface area contributed by atoms with Crippen LogP contribution in [0.1, 0.15) is 35.6 Å². The van der Waals surface area contributed by atoms with Gasteiger partial charge in [0.25, 0.3) is 5.91 Å². The van der Waals surface area contributed by atoms with Gasteiger partial charge < -0.3 is 14.6 Å². The number of ether oxygens (including phenoxy) is 2. The third-order valence-electron chi connectivity index (χ3n) is 6.27. The number of aliphatic imine (C=N–C) groups is 1. The minimum absolute atomic E-state index is 0.0167. The summed E-state index contributed by atoms with van der Waals surface area (Å²) >= 11 is 0. The van der Waals surface area contributed by atoms with Crippen molar-refractivity contribution in [1.82, 2.24) is 10.9 Å². The van der Waals surface area contributed by atoms with Crippen molar-refractivity contribution in [3.8, 4) is 5.75 Å². The van der Waals surface area contributed by atoms with Crippen LogP contribution in [-0.2, 0) is 16.1 Å². The molecule has 1 heterocycles. The summed E-state index contributed by atoms with van der Waals surface area (Å²) in [6.45, 7) is 4.10. The second-order valence-corrected chi connectivity index (χ2v) is 9.12. The molecular weight excluding hydrogens is 534 g/mol. The van der Waals surface area contributed by atoms with Crippen LogP contribution >= 0.6 is 0 Å². The van der Waals surface area contributed by atoms with Gasteiger partial charge in [0.05, 0.1) is 6.61 Å². The fourth-order valence-corrected chi connectivity index (χ4v) is 4.41. The summed E-state index contributed by atoms with van der Waals surface area (Å²) < 4.78 is 39.1. The molecule has 4 rings (SSSR count). The maximum absolute atomic E-state index is 13.8. The third-order valence-corrected chi connectivity index (χ3v) is 6.27. The quantitative estimate of drug-likeness (QED) is 0.0646. The van der Waals surface area contributed by atoms with Gasteiger partial charge in [-0.2, -0.15) is 0 Å². The number of hydrazine groups is 1. The molecule has 0 bridgehead atoms. The van der Waals surface area contributed by atoms with Gasteiger partial charge in [0.2, 0.25) is 5.90 Å². The van der Waals surface area contributed by atoms with Crippen LogP contribution in [0.5, 0.6) is 5.75 Å². The number of nitrogens with zero attached hydrogens (tertiary/aromatic N) is 4. The van der Waals surface area contributed by atoms with Crippen LogP contribution in [0.15, 0.2) is 89.5 Å². The molecular formula is C29H28F2N6O4. The number of aliphatic hydroxyl groups excluding tert-OH is 1. The van der Waals surface area contributed by atoms with E-state index in [1.807, 2.05) is 0 Å². The number of halogens is 2. The molecule has 1 aliphatic heterocycles. The number of carbonyl (C=O) groups is 1. The molecule has 1 aliphatic rings. The van der Waals surface area contributed by atoms with Crippen molar-refractivity contribution in [3.05, 3.63) is 118 Å². The Morgan fingerprint density at radius 2 is 1.93 bits per heavy atom. The van der Waals surface area contributed by atoms with Crippen molar-refractivity contribution in [2.45, 2.75) is 31.0 Å². The van der Waals surface area contributed by atoms with Crippen molar-refractivity contribution in [3.63, 3.8) is 0 Å². The van der Waals surface area contributed by atoms with E-state index in [2.05, 4.69) is 27.5 Å². The average molecular weight is 563 g/mol. The van der Waals surface area contributed by atoms with Gasteiger partial charge >= 0.3 is 0 Å². The van der Waals surface area contributed by atoms with E-state index in [-0.39, 0.29) is 36.7 Å². The Bertz CT molecular complexity index is 1460. The molecule has 41 heavy (non-hydrogen) atoms. The van der Waals surface area contributed by atoms with E-state index >= 15 is 0 Å². The van der Waals surface area contributed by atoms with E-state index in [0.29, 0.717) is 29.9 Å². The maximum atomic E-state index is 13.8. The summed E-state index contributed by atoms with van der Waals surface area (Å²) in [7, 11) is 0. The van der Waals surface area contributed by atoms with Crippen molar-refractivity contribution in [1.29, 1.82) is 0 Å². The molecule has 0 saturated carbocycles. The first kappa shape index (κ1) is 29.2. The molecule has 0 radical (unpaired) electrons. The van der Waals surface area contributed by atoms with E-state index in [1.54, 1.807) is 48.5 Å². The van der Waals surface area contributed by atoms with E-state index in [4.69, 9.17) is 25.1 Å².